The van der Waals surface area contributed by atoms with Crippen LogP contribution >= 0.6 is 0 Å². The van der Waals surface area contributed by atoms with Crippen LogP contribution in [0, 0.1) is 12.3 Å². The molecule has 0 aromatic rings. The zero-order valence-corrected chi connectivity index (χ0v) is 10.6. The number of hydrogen-bond acceptors (Lipinski definition) is 2. The number of rotatable bonds is 8. The number of carbonyl (C=O) groups excluding carboxylic acids is 1. The van der Waals surface area contributed by atoms with Gasteiger partial charge in [0.2, 0.25) is 5.91 Å². The van der Waals surface area contributed by atoms with Crippen molar-refractivity contribution < 1.29 is 14.7 Å². The number of aliphatic carboxylic acids is 1. The van der Waals surface area contributed by atoms with E-state index in [1.54, 1.807) is 11.8 Å². The van der Waals surface area contributed by atoms with Crippen molar-refractivity contribution in [2.45, 2.75) is 52.0 Å². The van der Waals surface area contributed by atoms with Crippen LogP contribution in [0.4, 0.5) is 0 Å². The largest absolute Gasteiger partial charge is 0.481 e. The summed E-state index contributed by atoms with van der Waals surface area (Å²) in [6.45, 7) is 4.16. The van der Waals surface area contributed by atoms with E-state index in [9.17, 15) is 9.59 Å². The molecule has 1 atom stereocenters. The summed E-state index contributed by atoms with van der Waals surface area (Å²) in [4.78, 5) is 24.0. The van der Waals surface area contributed by atoms with E-state index in [-0.39, 0.29) is 18.4 Å². The van der Waals surface area contributed by atoms with Crippen molar-refractivity contribution in [2.75, 3.05) is 6.54 Å². The predicted octanol–water partition coefficient (Wildman–Crippen LogP) is 1.89. The van der Waals surface area contributed by atoms with Crippen molar-refractivity contribution in [3.8, 4) is 12.3 Å². The quantitative estimate of drug-likeness (QED) is 0.520. The highest BCUT2D eigenvalue weighted by Gasteiger charge is 2.19. The van der Waals surface area contributed by atoms with Crippen LogP contribution < -0.4 is 0 Å². The molecule has 1 N–H and O–H groups in total. The molecule has 17 heavy (non-hydrogen) atoms. The Kier molecular flexibility index (Phi) is 7.87. The average molecular weight is 239 g/mol. The Hall–Kier alpha value is -1.50. The van der Waals surface area contributed by atoms with E-state index in [1.807, 2.05) is 6.92 Å². The average Bonchev–Trinajstić information content (AvgIpc) is 2.24. The highest BCUT2D eigenvalue weighted by atomic mass is 16.4. The van der Waals surface area contributed by atoms with Crippen LogP contribution in [0.15, 0.2) is 0 Å². The number of nitrogens with zero attached hydrogens (tertiary/aromatic N) is 1. The summed E-state index contributed by atoms with van der Waals surface area (Å²) in [5.74, 6) is 1.66. The number of carboxylic acids is 1. The van der Waals surface area contributed by atoms with E-state index in [0.29, 0.717) is 19.4 Å². The molecule has 0 aromatic heterocycles. The first-order chi connectivity index (χ1) is 8.02. The van der Waals surface area contributed by atoms with E-state index in [2.05, 4.69) is 5.92 Å². The smallest absolute Gasteiger partial charge is 0.305 e. The van der Waals surface area contributed by atoms with Crippen LogP contribution in [0.3, 0.4) is 0 Å². The summed E-state index contributed by atoms with van der Waals surface area (Å²) in [7, 11) is 0. The molecule has 1 amide bonds. The second-order valence-electron chi connectivity index (χ2n) is 4.04. The monoisotopic (exact) mass is 239 g/mol. The lowest BCUT2D eigenvalue weighted by molar-refractivity contribution is -0.140. The van der Waals surface area contributed by atoms with Crippen molar-refractivity contribution >= 4 is 11.9 Å². The van der Waals surface area contributed by atoms with Gasteiger partial charge in [0, 0.05) is 25.4 Å². The van der Waals surface area contributed by atoms with E-state index in [4.69, 9.17) is 11.5 Å². The fourth-order valence-corrected chi connectivity index (χ4v) is 1.74. The lowest BCUT2D eigenvalue weighted by atomic mass is 10.1. The fourth-order valence-electron chi connectivity index (χ4n) is 1.74. The van der Waals surface area contributed by atoms with Gasteiger partial charge in [0.25, 0.3) is 0 Å². The van der Waals surface area contributed by atoms with Gasteiger partial charge in [-0.15, -0.1) is 12.3 Å². The summed E-state index contributed by atoms with van der Waals surface area (Å²) >= 11 is 0. The molecule has 0 aromatic carbocycles. The molecule has 0 spiro atoms. The fraction of sp³-hybridized carbons (Fsp3) is 0.692. The summed E-state index contributed by atoms with van der Waals surface area (Å²) in [6.07, 6.45) is 7.85. The topological polar surface area (TPSA) is 57.6 Å². The van der Waals surface area contributed by atoms with Gasteiger partial charge in [-0.3, -0.25) is 9.59 Å². The Balaban J connectivity index is 4.12. The van der Waals surface area contributed by atoms with Gasteiger partial charge in [0.15, 0.2) is 0 Å². The van der Waals surface area contributed by atoms with Gasteiger partial charge in [-0.05, 0) is 26.7 Å². The third-order valence-corrected chi connectivity index (χ3v) is 2.62. The number of unbranched alkanes of at least 4 members (excludes halogenated alkanes) is 2. The Labute approximate surface area is 103 Å². The Morgan fingerprint density at radius 1 is 1.41 bits per heavy atom. The normalized spacial score (nSPS) is 11.6. The highest BCUT2D eigenvalue weighted by Crippen LogP contribution is 2.09. The molecule has 4 nitrogen and oxygen atoms in total. The van der Waals surface area contributed by atoms with E-state index >= 15 is 0 Å². The van der Waals surface area contributed by atoms with Crippen molar-refractivity contribution in [1.82, 2.24) is 4.90 Å². The van der Waals surface area contributed by atoms with Crippen LogP contribution in [0.2, 0.25) is 0 Å². The molecule has 0 heterocycles. The number of carbonyl (C=O) groups is 2. The zero-order chi connectivity index (χ0) is 13.3. The SMILES string of the molecule is C#CCCCCC(=O)N(CC)C(C)CC(=O)O. The molecule has 0 fully saturated rings. The highest BCUT2D eigenvalue weighted by molar-refractivity contribution is 5.77. The van der Waals surface area contributed by atoms with Gasteiger partial charge in [-0.25, -0.2) is 0 Å². The predicted molar refractivity (Wildman–Crippen MR) is 66.4 cm³/mol. The maximum atomic E-state index is 11.8. The third-order valence-electron chi connectivity index (χ3n) is 2.62. The summed E-state index contributed by atoms with van der Waals surface area (Å²) in [6, 6.07) is -0.252. The number of amides is 1. The molecule has 0 saturated carbocycles. The summed E-state index contributed by atoms with van der Waals surface area (Å²) < 4.78 is 0. The molecule has 0 aliphatic heterocycles. The van der Waals surface area contributed by atoms with Gasteiger partial charge in [0.05, 0.1) is 6.42 Å². The summed E-state index contributed by atoms with van der Waals surface area (Å²) in [5, 5.41) is 8.70. The second-order valence-corrected chi connectivity index (χ2v) is 4.04. The lowest BCUT2D eigenvalue weighted by Gasteiger charge is -2.27. The van der Waals surface area contributed by atoms with Crippen LogP contribution in [0.1, 0.15) is 46.0 Å². The molecule has 0 bridgehead atoms. The van der Waals surface area contributed by atoms with Gasteiger partial charge in [-0.2, -0.15) is 0 Å². The lowest BCUT2D eigenvalue weighted by Crippen LogP contribution is -2.39. The third kappa shape index (κ3) is 6.62. The van der Waals surface area contributed by atoms with Crippen LogP contribution in [-0.4, -0.2) is 34.5 Å². The van der Waals surface area contributed by atoms with E-state index in [0.717, 1.165) is 12.8 Å². The van der Waals surface area contributed by atoms with Crippen LogP contribution in [-0.2, 0) is 9.59 Å². The number of hydrogen-bond donors (Lipinski definition) is 1. The molecule has 0 radical (unpaired) electrons. The molecule has 96 valence electrons. The second kappa shape index (κ2) is 8.63. The van der Waals surface area contributed by atoms with Crippen molar-refractivity contribution in [3.05, 3.63) is 0 Å². The molecule has 1 unspecified atom stereocenters. The molecule has 0 rings (SSSR count). The van der Waals surface area contributed by atoms with Crippen molar-refractivity contribution in [3.63, 3.8) is 0 Å². The van der Waals surface area contributed by atoms with Crippen molar-refractivity contribution in [1.29, 1.82) is 0 Å². The maximum absolute atomic E-state index is 11.8. The van der Waals surface area contributed by atoms with Crippen LogP contribution in [0.5, 0.6) is 0 Å². The zero-order valence-electron chi connectivity index (χ0n) is 10.6. The molecular weight excluding hydrogens is 218 g/mol. The maximum Gasteiger partial charge on any atom is 0.305 e. The molecule has 0 aliphatic carbocycles. The van der Waals surface area contributed by atoms with Crippen LogP contribution in [0.25, 0.3) is 0 Å². The van der Waals surface area contributed by atoms with Gasteiger partial charge < -0.3 is 10.0 Å². The van der Waals surface area contributed by atoms with Gasteiger partial charge >= 0.3 is 5.97 Å². The molecular formula is C13H21NO3. The number of terminal acetylenes is 1. The Morgan fingerprint density at radius 3 is 2.53 bits per heavy atom. The van der Waals surface area contributed by atoms with E-state index in [1.165, 1.54) is 0 Å². The molecule has 4 heteroatoms. The minimum atomic E-state index is -0.879. The minimum Gasteiger partial charge on any atom is -0.481 e. The first-order valence-corrected chi connectivity index (χ1v) is 5.97. The summed E-state index contributed by atoms with van der Waals surface area (Å²) in [5.41, 5.74) is 0. The standard InChI is InChI=1S/C13H21NO3/c1-4-6-7-8-9-12(15)14(5-2)11(3)10-13(16)17/h1,11H,5-10H2,2-3H3,(H,16,17). The molecule has 0 saturated heterocycles. The minimum absolute atomic E-state index is 0.00998. The van der Waals surface area contributed by atoms with E-state index < -0.39 is 5.97 Å². The first kappa shape index (κ1) is 15.5. The Morgan fingerprint density at radius 2 is 2.06 bits per heavy atom. The van der Waals surface area contributed by atoms with Crippen molar-refractivity contribution in [2.24, 2.45) is 0 Å². The Bertz CT molecular complexity index is 294. The van der Waals surface area contributed by atoms with Gasteiger partial charge in [-0.1, -0.05) is 0 Å². The molecule has 0 aliphatic rings. The first-order valence-electron chi connectivity index (χ1n) is 5.97. The van der Waals surface area contributed by atoms with Gasteiger partial charge in [0.1, 0.15) is 0 Å². The number of carboxylic acid groups (broad SMARTS) is 1.